The number of piperazine rings is 1. The molecule has 1 aliphatic heterocycles. The van der Waals surface area contributed by atoms with Gasteiger partial charge >= 0.3 is 6.03 Å². The van der Waals surface area contributed by atoms with Crippen LogP contribution in [0.5, 0.6) is 0 Å². The number of nitrogens with two attached hydrogens (primary N) is 1. The van der Waals surface area contributed by atoms with Crippen molar-refractivity contribution >= 4 is 22.0 Å². The molecule has 1 fully saturated rings. The second-order valence-electron chi connectivity index (χ2n) is 8.14. The van der Waals surface area contributed by atoms with E-state index >= 15 is 0 Å². The van der Waals surface area contributed by atoms with Crippen molar-refractivity contribution in [2.45, 2.75) is 51.0 Å². The molecule has 3 N–H and O–H groups in total. The van der Waals surface area contributed by atoms with E-state index in [1.54, 1.807) is 17.0 Å². The summed E-state index contributed by atoms with van der Waals surface area (Å²) in [6, 6.07) is 5.51. The van der Waals surface area contributed by atoms with Gasteiger partial charge in [-0.1, -0.05) is 39.8 Å². The molecule has 0 aromatic heterocycles. The highest BCUT2D eigenvalue weighted by Gasteiger charge is 2.33. The highest BCUT2D eigenvalue weighted by Crippen LogP contribution is 2.21. The predicted molar refractivity (Wildman–Crippen MR) is 112 cm³/mol. The third-order valence-corrected chi connectivity index (χ3v) is 6.97. The first-order chi connectivity index (χ1) is 13.5. The smallest absolute Gasteiger partial charge is 0.312 e. The van der Waals surface area contributed by atoms with Crippen molar-refractivity contribution < 1.29 is 18.0 Å². The van der Waals surface area contributed by atoms with Gasteiger partial charge in [-0.25, -0.2) is 13.2 Å². The van der Waals surface area contributed by atoms with Crippen LogP contribution in [-0.4, -0.2) is 61.8 Å². The lowest BCUT2D eigenvalue weighted by atomic mass is 10.0. The number of hydrogen-bond donors (Lipinski definition) is 2. The van der Waals surface area contributed by atoms with Crippen molar-refractivity contribution in [3.05, 3.63) is 29.8 Å². The van der Waals surface area contributed by atoms with E-state index in [4.69, 9.17) is 5.73 Å². The van der Waals surface area contributed by atoms with Crippen molar-refractivity contribution in [2.75, 3.05) is 26.2 Å². The third kappa shape index (κ3) is 5.93. The molecule has 1 saturated heterocycles. The zero-order valence-electron chi connectivity index (χ0n) is 17.6. The fraction of sp³-hybridized carbons (Fsp3) is 0.600. The van der Waals surface area contributed by atoms with Gasteiger partial charge in [0, 0.05) is 26.2 Å². The number of rotatable bonds is 7. The fourth-order valence-electron chi connectivity index (χ4n) is 3.41. The number of amides is 3. The summed E-state index contributed by atoms with van der Waals surface area (Å²) in [7, 11) is -3.61. The fourth-order valence-corrected chi connectivity index (χ4v) is 4.83. The van der Waals surface area contributed by atoms with Gasteiger partial charge in [0.15, 0.2) is 0 Å². The Morgan fingerprint density at radius 1 is 1.03 bits per heavy atom. The molecule has 1 aliphatic rings. The molecule has 1 aromatic carbocycles. The van der Waals surface area contributed by atoms with Gasteiger partial charge in [-0.3, -0.25) is 4.79 Å². The van der Waals surface area contributed by atoms with Crippen LogP contribution >= 0.6 is 0 Å². The van der Waals surface area contributed by atoms with Gasteiger partial charge < -0.3 is 16.0 Å². The summed E-state index contributed by atoms with van der Waals surface area (Å²) >= 11 is 0. The maximum Gasteiger partial charge on any atom is 0.312 e. The number of carbonyl (C=O) groups is 2. The van der Waals surface area contributed by atoms with Gasteiger partial charge in [-0.2, -0.15) is 4.31 Å². The molecule has 1 atom stereocenters. The topological polar surface area (TPSA) is 113 Å². The summed E-state index contributed by atoms with van der Waals surface area (Å²) in [5, 5.41) is 2.51. The molecule has 8 nitrogen and oxygen atoms in total. The van der Waals surface area contributed by atoms with Crippen molar-refractivity contribution in [2.24, 2.45) is 11.7 Å². The largest absolute Gasteiger partial charge is 0.352 e. The standard InChI is InChI=1S/C20H32N4O4S/c1-14(2)13-18(22-20(21)26)19(25)23-9-11-24(12-10-23)29(27,28)17-7-5-16(6-8-17)15(3)4/h5-8,14-15,18H,9-13H2,1-4H3,(H3,21,22,26)/t18-/m0/s1. The van der Waals surface area contributed by atoms with Gasteiger partial charge in [0.2, 0.25) is 15.9 Å². The first-order valence-corrected chi connectivity index (χ1v) is 11.4. The van der Waals surface area contributed by atoms with Crippen LogP contribution in [0.4, 0.5) is 4.79 Å². The van der Waals surface area contributed by atoms with Gasteiger partial charge in [0.05, 0.1) is 4.90 Å². The monoisotopic (exact) mass is 424 g/mol. The van der Waals surface area contributed by atoms with E-state index in [-0.39, 0.29) is 42.9 Å². The van der Waals surface area contributed by atoms with Crippen molar-refractivity contribution in [1.82, 2.24) is 14.5 Å². The highest BCUT2D eigenvalue weighted by atomic mass is 32.2. The highest BCUT2D eigenvalue weighted by molar-refractivity contribution is 7.89. The van der Waals surface area contributed by atoms with Crippen LogP contribution in [0.1, 0.15) is 45.6 Å². The Hall–Kier alpha value is -2.13. The number of carbonyl (C=O) groups excluding carboxylic acids is 2. The van der Waals surface area contributed by atoms with Crippen LogP contribution in [0.2, 0.25) is 0 Å². The van der Waals surface area contributed by atoms with E-state index in [2.05, 4.69) is 19.2 Å². The molecule has 162 valence electrons. The Balaban J connectivity index is 2.04. The molecule has 2 rings (SSSR count). The quantitative estimate of drug-likeness (QED) is 0.694. The number of urea groups is 1. The van der Waals surface area contributed by atoms with Gasteiger partial charge in [-0.15, -0.1) is 0 Å². The normalized spacial score (nSPS) is 16.8. The maximum absolute atomic E-state index is 12.9. The molecule has 1 aromatic rings. The Morgan fingerprint density at radius 2 is 1.59 bits per heavy atom. The summed E-state index contributed by atoms with van der Waals surface area (Å²) in [6.45, 7) is 9.00. The van der Waals surface area contributed by atoms with E-state index in [0.717, 1.165) is 5.56 Å². The lowest BCUT2D eigenvalue weighted by Gasteiger charge is -2.36. The molecular weight excluding hydrogens is 392 g/mol. The lowest BCUT2D eigenvalue weighted by molar-refractivity contribution is -0.134. The zero-order chi connectivity index (χ0) is 21.8. The molecule has 0 aliphatic carbocycles. The summed E-state index contributed by atoms with van der Waals surface area (Å²) in [6.07, 6.45) is 0.475. The van der Waals surface area contributed by atoms with Crippen LogP contribution in [0.3, 0.4) is 0 Å². The molecule has 0 radical (unpaired) electrons. The Labute approximate surface area is 173 Å². The number of hydrogen-bond acceptors (Lipinski definition) is 4. The number of primary amides is 1. The van der Waals surface area contributed by atoms with E-state index in [1.165, 1.54) is 4.31 Å². The van der Waals surface area contributed by atoms with Crippen LogP contribution in [0.25, 0.3) is 0 Å². The minimum Gasteiger partial charge on any atom is -0.352 e. The SMILES string of the molecule is CC(C)C[C@H](NC(N)=O)C(=O)N1CCN(S(=O)(=O)c2ccc(C(C)C)cc2)CC1. The molecule has 0 saturated carbocycles. The van der Waals surface area contributed by atoms with Gasteiger partial charge in [0.25, 0.3) is 0 Å². The zero-order valence-corrected chi connectivity index (χ0v) is 18.4. The van der Waals surface area contributed by atoms with Crippen molar-refractivity contribution in [3.63, 3.8) is 0 Å². The van der Waals surface area contributed by atoms with Crippen LogP contribution in [0.15, 0.2) is 29.2 Å². The van der Waals surface area contributed by atoms with E-state index < -0.39 is 22.1 Å². The van der Waals surface area contributed by atoms with Crippen LogP contribution in [-0.2, 0) is 14.8 Å². The number of benzene rings is 1. The second kappa shape index (κ2) is 9.58. The molecule has 9 heteroatoms. The molecule has 0 unspecified atom stereocenters. The Morgan fingerprint density at radius 3 is 2.03 bits per heavy atom. The molecular formula is C20H32N4O4S. The number of sulfonamides is 1. The van der Waals surface area contributed by atoms with Gasteiger partial charge in [0.1, 0.15) is 6.04 Å². The van der Waals surface area contributed by atoms with Crippen molar-refractivity contribution in [1.29, 1.82) is 0 Å². The van der Waals surface area contributed by atoms with Crippen molar-refractivity contribution in [3.8, 4) is 0 Å². The van der Waals surface area contributed by atoms with E-state index in [0.29, 0.717) is 12.3 Å². The Bertz CT molecular complexity index is 813. The van der Waals surface area contributed by atoms with Crippen LogP contribution in [0, 0.1) is 5.92 Å². The molecule has 1 heterocycles. The van der Waals surface area contributed by atoms with Crippen LogP contribution < -0.4 is 11.1 Å². The summed E-state index contributed by atoms with van der Waals surface area (Å²) in [5.41, 5.74) is 6.28. The summed E-state index contributed by atoms with van der Waals surface area (Å²) in [5.74, 6) is 0.302. The average molecular weight is 425 g/mol. The van der Waals surface area contributed by atoms with E-state index in [1.807, 2.05) is 26.0 Å². The number of nitrogens with zero attached hydrogens (tertiary/aromatic N) is 2. The van der Waals surface area contributed by atoms with E-state index in [9.17, 15) is 18.0 Å². The Kier molecular flexibility index (Phi) is 7.65. The minimum absolute atomic E-state index is 0.200. The molecule has 29 heavy (non-hydrogen) atoms. The molecule has 0 spiro atoms. The van der Waals surface area contributed by atoms with Gasteiger partial charge in [-0.05, 0) is 36.0 Å². The second-order valence-corrected chi connectivity index (χ2v) is 10.1. The predicted octanol–water partition coefficient (Wildman–Crippen LogP) is 1.73. The summed E-state index contributed by atoms with van der Waals surface area (Å²) < 4.78 is 27.2. The first-order valence-electron chi connectivity index (χ1n) is 9.97. The maximum atomic E-state index is 12.9. The average Bonchev–Trinajstić information content (AvgIpc) is 2.66. The summed E-state index contributed by atoms with van der Waals surface area (Å²) in [4.78, 5) is 25.9. The molecule has 3 amide bonds. The number of nitrogens with one attached hydrogen (secondary N) is 1. The first kappa shape index (κ1) is 23.2. The minimum atomic E-state index is -3.61. The lowest BCUT2D eigenvalue weighted by Crippen LogP contribution is -2.56. The third-order valence-electron chi connectivity index (χ3n) is 5.06. The molecule has 0 bridgehead atoms.